The van der Waals surface area contributed by atoms with Crippen LogP contribution in [0.2, 0.25) is 0 Å². The summed E-state index contributed by atoms with van der Waals surface area (Å²) in [6, 6.07) is 4.85. The number of sulfonamides is 1. The normalized spacial score (nSPS) is 27.2. The fourth-order valence-electron chi connectivity index (χ4n) is 3.63. The van der Waals surface area contributed by atoms with Gasteiger partial charge in [-0.2, -0.15) is 4.31 Å². The second-order valence-corrected chi connectivity index (χ2v) is 8.37. The van der Waals surface area contributed by atoms with E-state index in [1.54, 1.807) is 18.2 Å². The van der Waals surface area contributed by atoms with Crippen LogP contribution in [0, 0.1) is 5.92 Å². The second kappa shape index (κ2) is 5.93. The molecular weight excluding hydrogens is 332 g/mol. The number of nitrogens with one attached hydrogen (secondary N) is 1. The molecule has 0 aromatic heterocycles. The van der Waals surface area contributed by atoms with Crippen LogP contribution in [0.25, 0.3) is 0 Å². The van der Waals surface area contributed by atoms with Crippen molar-refractivity contribution in [2.45, 2.75) is 30.2 Å². The summed E-state index contributed by atoms with van der Waals surface area (Å²) in [6.07, 6.45) is 1.86. The van der Waals surface area contributed by atoms with Crippen LogP contribution >= 0.6 is 0 Å². The van der Waals surface area contributed by atoms with Gasteiger partial charge in [0.25, 0.3) is 0 Å². The van der Waals surface area contributed by atoms with Gasteiger partial charge < -0.3 is 14.8 Å². The zero-order chi connectivity index (χ0) is 16.7. The number of piperidine rings is 2. The molecule has 3 aliphatic rings. The van der Waals surface area contributed by atoms with E-state index in [1.165, 1.54) is 4.31 Å². The maximum Gasteiger partial charge on any atom is 0.243 e. The van der Waals surface area contributed by atoms with Crippen LogP contribution in [0.15, 0.2) is 23.1 Å². The first-order valence-corrected chi connectivity index (χ1v) is 9.67. The lowest BCUT2D eigenvalue weighted by molar-refractivity contribution is -0.124. The van der Waals surface area contributed by atoms with Crippen molar-refractivity contribution in [3.8, 4) is 11.5 Å². The molecule has 2 unspecified atom stereocenters. The third-order valence-corrected chi connectivity index (χ3v) is 6.80. The molecule has 1 aromatic carbocycles. The van der Waals surface area contributed by atoms with Crippen molar-refractivity contribution < 1.29 is 22.7 Å². The van der Waals surface area contributed by atoms with Crippen molar-refractivity contribution in [3.63, 3.8) is 0 Å². The van der Waals surface area contributed by atoms with Crippen molar-refractivity contribution in [2.75, 3.05) is 26.3 Å². The highest BCUT2D eigenvalue weighted by molar-refractivity contribution is 7.89. The highest BCUT2D eigenvalue weighted by Crippen LogP contribution is 2.34. The Morgan fingerprint density at radius 3 is 2.75 bits per heavy atom. The van der Waals surface area contributed by atoms with Gasteiger partial charge in [0, 0.05) is 31.6 Å². The summed E-state index contributed by atoms with van der Waals surface area (Å²) in [6.45, 7) is 1.75. The largest absolute Gasteiger partial charge is 0.486 e. The molecule has 7 nitrogen and oxygen atoms in total. The SMILES string of the molecule is O=C1CCC2CN(S(=O)(=O)c3ccc4c(c3)OCCO4)CCC2N1. The van der Waals surface area contributed by atoms with E-state index in [9.17, 15) is 13.2 Å². The van der Waals surface area contributed by atoms with Gasteiger partial charge in [0.05, 0.1) is 4.90 Å². The Balaban J connectivity index is 1.56. The van der Waals surface area contributed by atoms with E-state index < -0.39 is 10.0 Å². The monoisotopic (exact) mass is 352 g/mol. The zero-order valence-electron chi connectivity index (χ0n) is 13.2. The Hall–Kier alpha value is -1.80. The van der Waals surface area contributed by atoms with Crippen LogP contribution in [0.5, 0.6) is 11.5 Å². The molecule has 8 heteroatoms. The van der Waals surface area contributed by atoms with E-state index in [2.05, 4.69) is 5.32 Å². The number of carbonyl (C=O) groups is 1. The first-order valence-electron chi connectivity index (χ1n) is 8.23. The van der Waals surface area contributed by atoms with E-state index in [0.29, 0.717) is 50.6 Å². The van der Waals surface area contributed by atoms with Crippen molar-refractivity contribution in [3.05, 3.63) is 18.2 Å². The van der Waals surface area contributed by atoms with E-state index >= 15 is 0 Å². The third kappa shape index (κ3) is 2.73. The molecule has 1 amide bonds. The molecule has 0 spiro atoms. The van der Waals surface area contributed by atoms with Crippen LogP contribution in [0.1, 0.15) is 19.3 Å². The van der Waals surface area contributed by atoms with Gasteiger partial charge in [-0.05, 0) is 30.9 Å². The predicted molar refractivity (Wildman–Crippen MR) is 85.5 cm³/mol. The van der Waals surface area contributed by atoms with Crippen molar-refractivity contribution in [2.24, 2.45) is 5.92 Å². The summed E-state index contributed by atoms with van der Waals surface area (Å²) in [5.74, 6) is 1.30. The first-order chi connectivity index (χ1) is 11.5. The summed E-state index contributed by atoms with van der Waals surface area (Å²) >= 11 is 0. The molecule has 130 valence electrons. The minimum atomic E-state index is -3.57. The quantitative estimate of drug-likeness (QED) is 0.849. The van der Waals surface area contributed by atoms with E-state index in [-0.39, 0.29) is 22.8 Å². The van der Waals surface area contributed by atoms with E-state index in [0.717, 1.165) is 6.42 Å². The number of hydrogen-bond donors (Lipinski definition) is 1. The molecule has 4 rings (SSSR count). The van der Waals surface area contributed by atoms with E-state index in [1.807, 2.05) is 0 Å². The van der Waals surface area contributed by atoms with Crippen molar-refractivity contribution in [1.29, 1.82) is 0 Å². The summed E-state index contributed by atoms with van der Waals surface area (Å²) in [7, 11) is -3.57. The number of ether oxygens (including phenoxy) is 2. The molecular formula is C16H20N2O5S. The summed E-state index contributed by atoms with van der Waals surface area (Å²) < 4.78 is 38.4. The van der Waals surface area contributed by atoms with Crippen LogP contribution in [0.4, 0.5) is 0 Å². The van der Waals surface area contributed by atoms with Gasteiger partial charge in [0.15, 0.2) is 11.5 Å². The molecule has 2 atom stereocenters. The highest BCUT2D eigenvalue weighted by atomic mass is 32.2. The molecule has 3 aliphatic heterocycles. The minimum Gasteiger partial charge on any atom is -0.486 e. The van der Waals surface area contributed by atoms with Crippen LogP contribution < -0.4 is 14.8 Å². The fourth-order valence-corrected chi connectivity index (χ4v) is 5.16. The highest BCUT2D eigenvalue weighted by Gasteiger charge is 2.38. The Kier molecular flexibility index (Phi) is 3.88. The molecule has 0 bridgehead atoms. The fraction of sp³-hybridized carbons (Fsp3) is 0.562. The molecule has 1 aromatic rings. The average Bonchev–Trinajstić information content (AvgIpc) is 2.60. The van der Waals surface area contributed by atoms with Gasteiger partial charge >= 0.3 is 0 Å². The second-order valence-electron chi connectivity index (χ2n) is 6.43. The molecule has 2 saturated heterocycles. The summed E-state index contributed by atoms with van der Waals surface area (Å²) in [5, 5.41) is 2.97. The maximum atomic E-state index is 13.0. The van der Waals surface area contributed by atoms with Gasteiger partial charge in [0.1, 0.15) is 13.2 Å². The Morgan fingerprint density at radius 2 is 1.92 bits per heavy atom. The Bertz CT molecular complexity index is 764. The lowest BCUT2D eigenvalue weighted by Gasteiger charge is -2.40. The number of amides is 1. The van der Waals surface area contributed by atoms with Gasteiger partial charge in [0.2, 0.25) is 15.9 Å². The number of fused-ring (bicyclic) bond motifs is 2. The number of carbonyl (C=O) groups excluding carboxylic acids is 1. The van der Waals surface area contributed by atoms with E-state index in [4.69, 9.17) is 9.47 Å². The van der Waals surface area contributed by atoms with Crippen LogP contribution in [0.3, 0.4) is 0 Å². The number of benzene rings is 1. The Morgan fingerprint density at radius 1 is 1.12 bits per heavy atom. The van der Waals surface area contributed by atoms with Gasteiger partial charge in [-0.1, -0.05) is 0 Å². The molecule has 0 saturated carbocycles. The third-order valence-electron chi connectivity index (χ3n) is 4.94. The smallest absolute Gasteiger partial charge is 0.243 e. The van der Waals surface area contributed by atoms with Crippen LogP contribution in [-0.4, -0.2) is 51.0 Å². The zero-order valence-corrected chi connectivity index (χ0v) is 14.0. The Labute approximate surface area is 141 Å². The average molecular weight is 352 g/mol. The standard InChI is InChI=1S/C16H20N2O5S/c19-16-4-1-11-10-18(6-5-13(11)17-16)24(20,21)12-2-3-14-15(9-12)23-8-7-22-14/h2-3,9,11,13H,1,4-8,10H2,(H,17,19). The maximum absolute atomic E-state index is 13.0. The first kappa shape index (κ1) is 15.7. The molecule has 24 heavy (non-hydrogen) atoms. The molecule has 2 fully saturated rings. The van der Waals surface area contributed by atoms with Crippen LogP contribution in [-0.2, 0) is 14.8 Å². The summed E-state index contributed by atoms with van der Waals surface area (Å²) in [5.41, 5.74) is 0. The molecule has 0 aliphatic carbocycles. The number of nitrogens with zero attached hydrogens (tertiary/aromatic N) is 1. The number of rotatable bonds is 2. The molecule has 1 N–H and O–H groups in total. The predicted octanol–water partition coefficient (Wildman–Crippen LogP) is 0.747. The van der Waals surface area contributed by atoms with Gasteiger partial charge in [-0.15, -0.1) is 0 Å². The lowest BCUT2D eigenvalue weighted by Crippen LogP contribution is -2.54. The van der Waals surface area contributed by atoms with Crippen molar-refractivity contribution in [1.82, 2.24) is 9.62 Å². The number of hydrogen-bond acceptors (Lipinski definition) is 5. The lowest BCUT2D eigenvalue weighted by atomic mass is 9.86. The molecule has 3 heterocycles. The molecule has 0 radical (unpaired) electrons. The van der Waals surface area contributed by atoms with Gasteiger partial charge in [-0.25, -0.2) is 8.42 Å². The summed E-state index contributed by atoms with van der Waals surface area (Å²) in [4.78, 5) is 11.7. The van der Waals surface area contributed by atoms with Crippen molar-refractivity contribution >= 4 is 15.9 Å². The minimum absolute atomic E-state index is 0.0689. The van der Waals surface area contributed by atoms with Gasteiger partial charge in [-0.3, -0.25) is 4.79 Å². The topological polar surface area (TPSA) is 84.9 Å².